The van der Waals surface area contributed by atoms with Crippen molar-refractivity contribution in [1.29, 1.82) is 0 Å². The number of alkyl halides is 3. The van der Waals surface area contributed by atoms with Gasteiger partial charge in [0, 0.05) is 6.61 Å². The van der Waals surface area contributed by atoms with E-state index in [9.17, 15) is 0 Å². The normalized spacial score (nSPS) is 12.0. The summed E-state index contributed by atoms with van der Waals surface area (Å²) >= 11 is 10.4. The highest BCUT2D eigenvalue weighted by molar-refractivity contribution is 9.39. The first-order valence-corrected chi connectivity index (χ1v) is 6.62. The molecule has 12 heavy (non-hydrogen) atoms. The predicted molar refractivity (Wildman–Crippen MR) is 64.3 cm³/mol. The summed E-state index contributed by atoms with van der Waals surface area (Å²) in [5.74, 6) is 0. The third kappa shape index (κ3) is 11.4. The highest BCUT2D eigenvalue weighted by Crippen LogP contribution is 2.38. The summed E-state index contributed by atoms with van der Waals surface area (Å²) in [5, 5.41) is 8.53. The zero-order chi connectivity index (χ0) is 9.45. The zero-order valence-corrected chi connectivity index (χ0v) is 11.8. The molecule has 0 unspecified atom stereocenters. The van der Waals surface area contributed by atoms with Crippen LogP contribution >= 0.6 is 47.8 Å². The molecule has 1 N–H and O–H groups in total. The second-order valence-corrected chi connectivity index (χ2v) is 10.1. The second-order valence-electron chi connectivity index (χ2n) is 2.86. The van der Waals surface area contributed by atoms with Gasteiger partial charge in [0.1, 0.15) is 2.14 Å². The van der Waals surface area contributed by atoms with Gasteiger partial charge in [-0.05, 0) is 12.8 Å². The average molecular weight is 367 g/mol. The molecule has 0 amide bonds. The molecule has 0 aromatic heterocycles. The molecule has 0 radical (unpaired) electrons. The lowest BCUT2D eigenvalue weighted by Gasteiger charge is -2.10. The molecule has 0 heterocycles. The maximum Gasteiger partial charge on any atom is 0.135 e. The van der Waals surface area contributed by atoms with Crippen molar-refractivity contribution in [2.24, 2.45) is 0 Å². The number of hydrogen-bond donors (Lipinski definition) is 1. The van der Waals surface area contributed by atoms with Crippen LogP contribution in [0.3, 0.4) is 0 Å². The summed E-state index contributed by atoms with van der Waals surface area (Å²) in [6, 6.07) is 0. The van der Waals surface area contributed by atoms with E-state index in [-0.39, 0.29) is 2.14 Å². The molecule has 0 rings (SSSR count). The molecular weight excluding hydrogens is 352 g/mol. The zero-order valence-electron chi connectivity index (χ0n) is 7.03. The molecule has 0 bridgehead atoms. The lowest BCUT2D eigenvalue weighted by atomic mass is 10.1. The minimum Gasteiger partial charge on any atom is -0.396 e. The maximum atomic E-state index is 8.53. The van der Waals surface area contributed by atoms with E-state index in [0.29, 0.717) is 6.61 Å². The molecule has 0 saturated carbocycles. The third-order valence-corrected chi connectivity index (χ3v) is 2.81. The van der Waals surface area contributed by atoms with Crippen molar-refractivity contribution in [3.63, 3.8) is 0 Å². The Hall–Kier alpha value is 1.40. The van der Waals surface area contributed by atoms with Gasteiger partial charge in [-0.25, -0.2) is 0 Å². The third-order valence-electron chi connectivity index (χ3n) is 1.62. The van der Waals surface area contributed by atoms with Crippen LogP contribution < -0.4 is 0 Å². The quantitative estimate of drug-likeness (QED) is 0.553. The van der Waals surface area contributed by atoms with E-state index >= 15 is 0 Å². The number of unbranched alkanes of at least 4 members (excludes halogenated alkanes) is 4. The molecule has 0 aliphatic heterocycles. The monoisotopic (exact) mass is 364 g/mol. The Morgan fingerprint density at radius 3 is 1.83 bits per heavy atom. The smallest absolute Gasteiger partial charge is 0.135 e. The van der Waals surface area contributed by atoms with Crippen LogP contribution in [0.1, 0.15) is 38.5 Å². The van der Waals surface area contributed by atoms with E-state index < -0.39 is 0 Å². The molecule has 1 nitrogen and oxygen atoms in total. The molecular formula is C8H15Br3O. The van der Waals surface area contributed by atoms with Crippen molar-refractivity contribution >= 4 is 47.8 Å². The van der Waals surface area contributed by atoms with E-state index in [2.05, 4.69) is 47.8 Å². The van der Waals surface area contributed by atoms with E-state index in [4.69, 9.17) is 5.11 Å². The topological polar surface area (TPSA) is 20.2 Å². The molecule has 0 atom stereocenters. The van der Waals surface area contributed by atoms with Gasteiger partial charge >= 0.3 is 0 Å². The van der Waals surface area contributed by atoms with Gasteiger partial charge in [0.25, 0.3) is 0 Å². The summed E-state index contributed by atoms with van der Waals surface area (Å²) in [4.78, 5) is 0. The van der Waals surface area contributed by atoms with Crippen molar-refractivity contribution in [2.75, 3.05) is 6.61 Å². The Kier molecular flexibility index (Phi) is 8.68. The lowest BCUT2D eigenvalue weighted by molar-refractivity contribution is 0.282. The molecule has 4 heteroatoms. The molecule has 74 valence electrons. The van der Waals surface area contributed by atoms with Crippen molar-refractivity contribution in [1.82, 2.24) is 0 Å². The Morgan fingerprint density at radius 2 is 1.33 bits per heavy atom. The molecule has 0 spiro atoms. The van der Waals surface area contributed by atoms with Crippen LogP contribution in [0.4, 0.5) is 0 Å². The van der Waals surface area contributed by atoms with Gasteiger partial charge in [-0.2, -0.15) is 0 Å². The SMILES string of the molecule is OCCCCCCCC(Br)(Br)Br. The molecule has 0 aromatic carbocycles. The average Bonchev–Trinajstić information content (AvgIpc) is 1.94. The summed E-state index contributed by atoms with van der Waals surface area (Å²) in [5.41, 5.74) is 0. The fourth-order valence-electron chi connectivity index (χ4n) is 0.968. The lowest BCUT2D eigenvalue weighted by Crippen LogP contribution is -1.98. The predicted octanol–water partition coefficient (Wildman–Crippen LogP) is 4.16. The first kappa shape index (κ1) is 13.4. The molecule has 0 saturated heterocycles. The van der Waals surface area contributed by atoms with Gasteiger partial charge in [0.2, 0.25) is 0 Å². The van der Waals surface area contributed by atoms with Crippen LogP contribution in [0, 0.1) is 0 Å². The van der Waals surface area contributed by atoms with Gasteiger partial charge in [-0.15, -0.1) is 0 Å². The van der Waals surface area contributed by atoms with Crippen LogP contribution in [0.25, 0.3) is 0 Å². The Bertz CT molecular complexity index is 101. The number of aliphatic hydroxyl groups is 1. The highest BCUT2D eigenvalue weighted by atomic mass is 80.0. The van der Waals surface area contributed by atoms with Crippen LogP contribution in [0.15, 0.2) is 0 Å². The standard InChI is InChI=1S/C8H15Br3O/c9-8(10,11)6-4-2-1-3-5-7-12/h12H,1-7H2. The Labute approximate surface area is 99.7 Å². The van der Waals surface area contributed by atoms with Gasteiger partial charge in [-0.3, -0.25) is 0 Å². The van der Waals surface area contributed by atoms with Crippen molar-refractivity contribution in [3.05, 3.63) is 0 Å². The maximum absolute atomic E-state index is 8.53. The number of hydrogen-bond acceptors (Lipinski definition) is 1. The summed E-state index contributed by atoms with van der Waals surface area (Å²) in [7, 11) is 0. The van der Waals surface area contributed by atoms with E-state index in [1.807, 2.05) is 0 Å². The van der Waals surface area contributed by atoms with Crippen molar-refractivity contribution in [3.8, 4) is 0 Å². The van der Waals surface area contributed by atoms with E-state index in [1.165, 1.54) is 19.3 Å². The molecule has 0 aromatic rings. The number of halogens is 3. The summed E-state index contributed by atoms with van der Waals surface area (Å²) < 4.78 is -0.0655. The van der Waals surface area contributed by atoms with Crippen LogP contribution in [-0.2, 0) is 0 Å². The second kappa shape index (κ2) is 7.77. The fraction of sp³-hybridized carbons (Fsp3) is 1.00. The van der Waals surface area contributed by atoms with Crippen molar-refractivity contribution in [2.45, 2.75) is 40.7 Å². The Morgan fingerprint density at radius 1 is 0.833 bits per heavy atom. The first-order chi connectivity index (χ1) is 5.56. The van der Waals surface area contributed by atoms with Gasteiger partial charge in [-0.1, -0.05) is 73.5 Å². The van der Waals surface area contributed by atoms with Crippen LogP contribution in [0.5, 0.6) is 0 Å². The number of aliphatic hydroxyl groups excluding tert-OH is 1. The summed E-state index contributed by atoms with van der Waals surface area (Å²) in [6.45, 7) is 0.333. The minimum atomic E-state index is -0.0655. The van der Waals surface area contributed by atoms with E-state index in [0.717, 1.165) is 19.3 Å². The van der Waals surface area contributed by atoms with Crippen LogP contribution in [-0.4, -0.2) is 13.9 Å². The molecule has 0 fully saturated rings. The molecule has 0 aliphatic rings. The fourth-order valence-corrected chi connectivity index (χ4v) is 1.81. The molecule has 0 aliphatic carbocycles. The van der Waals surface area contributed by atoms with Crippen LogP contribution in [0.2, 0.25) is 0 Å². The van der Waals surface area contributed by atoms with Crippen molar-refractivity contribution < 1.29 is 5.11 Å². The first-order valence-electron chi connectivity index (χ1n) is 4.24. The minimum absolute atomic E-state index is 0.0655. The highest BCUT2D eigenvalue weighted by Gasteiger charge is 2.15. The van der Waals surface area contributed by atoms with Gasteiger partial charge in [0.15, 0.2) is 0 Å². The van der Waals surface area contributed by atoms with E-state index in [1.54, 1.807) is 0 Å². The number of rotatable bonds is 6. The van der Waals surface area contributed by atoms with Gasteiger partial charge in [0.05, 0.1) is 0 Å². The Balaban J connectivity index is 3.01. The summed E-state index contributed by atoms with van der Waals surface area (Å²) in [6.07, 6.45) is 6.84. The van der Waals surface area contributed by atoms with Gasteiger partial charge < -0.3 is 5.11 Å². The largest absolute Gasteiger partial charge is 0.396 e.